The zero-order valence-corrected chi connectivity index (χ0v) is 16.7. The summed E-state index contributed by atoms with van der Waals surface area (Å²) in [5, 5.41) is 2.95. The minimum atomic E-state index is -0.156. The molecule has 1 saturated carbocycles. The van der Waals surface area contributed by atoms with Crippen LogP contribution >= 0.6 is 11.3 Å². The van der Waals surface area contributed by atoms with Gasteiger partial charge in [0.25, 0.3) is 5.56 Å². The molecule has 0 radical (unpaired) electrons. The number of pyridine rings is 2. The van der Waals surface area contributed by atoms with Gasteiger partial charge in [-0.15, -0.1) is 11.3 Å². The molecule has 4 nitrogen and oxygen atoms in total. The van der Waals surface area contributed by atoms with Crippen molar-refractivity contribution in [3.05, 3.63) is 68.4 Å². The summed E-state index contributed by atoms with van der Waals surface area (Å²) < 4.78 is 3.90. The highest BCUT2D eigenvalue weighted by molar-refractivity contribution is 7.13. The van der Waals surface area contributed by atoms with Gasteiger partial charge in [-0.1, -0.05) is 37.5 Å². The molecule has 0 saturated heterocycles. The number of aromatic nitrogens is 2. The first-order valence-corrected chi connectivity index (χ1v) is 10.8. The molecule has 0 amide bonds. The van der Waals surface area contributed by atoms with Gasteiger partial charge < -0.3 is 9.13 Å². The van der Waals surface area contributed by atoms with Crippen LogP contribution in [0.3, 0.4) is 0 Å². The molecule has 142 valence electrons. The molecule has 3 heterocycles. The Labute approximate surface area is 166 Å². The van der Waals surface area contributed by atoms with Crippen LogP contribution in [0, 0.1) is 0 Å². The third kappa shape index (κ3) is 2.57. The van der Waals surface area contributed by atoms with E-state index < -0.39 is 0 Å². The summed E-state index contributed by atoms with van der Waals surface area (Å²) in [6, 6.07) is 13.8. The van der Waals surface area contributed by atoms with Gasteiger partial charge in [-0.2, -0.15) is 0 Å². The molecule has 0 spiro atoms. The number of hydrogen-bond donors (Lipinski definition) is 0. The zero-order valence-electron chi connectivity index (χ0n) is 15.9. The van der Waals surface area contributed by atoms with Crippen molar-refractivity contribution in [2.45, 2.75) is 38.1 Å². The highest BCUT2D eigenvalue weighted by Gasteiger charge is 2.24. The summed E-state index contributed by atoms with van der Waals surface area (Å²) in [5.74, 6) is 0. The summed E-state index contributed by atoms with van der Waals surface area (Å²) in [7, 11) is 1.94. The molecule has 1 aliphatic carbocycles. The molecule has 0 unspecified atom stereocenters. The summed E-state index contributed by atoms with van der Waals surface area (Å²) in [6.45, 7) is 0. The van der Waals surface area contributed by atoms with Crippen LogP contribution in [0.1, 0.15) is 38.1 Å². The Bertz CT molecular complexity index is 1290. The Morgan fingerprint density at radius 2 is 1.75 bits per heavy atom. The summed E-state index contributed by atoms with van der Waals surface area (Å²) in [5.41, 5.74) is 2.20. The average Bonchev–Trinajstić information content (AvgIpc) is 3.27. The fraction of sp³-hybridized carbons (Fsp3) is 0.304. The van der Waals surface area contributed by atoms with Gasteiger partial charge in [0.1, 0.15) is 5.39 Å². The fourth-order valence-corrected chi connectivity index (χ4v) is 5.37. The summed E-state index contributed by atoms with van der Waals surface area (Å²) in [4.78, 5) is 28.1. The number of hydrogen-bond acceptors (Lipinski definition) is 3. The molecule has 1 fully saturated rings. The Kier molecular flexibility index (Phi) is 4.20. The smallest absolute Gasteiger partial charge is 0.264 e. The Morgan fingerprint density at radius 3 is 2.50 bits per heavy atom. The maximum absolute atomic E-state index is 13.7. The van der Waals surface area contributed by atoms with Gasteiger partial charge in [-0.05, 0) is 42.5 Å². The highest BCUT2D eigenvalue weighted by atomic mass is 32.1. The van der Waals surface area contributed by atoms with Gasteiger partial charge in [0.2, 0.25) is 5.43 Å². The standard InChI is InChI=1S/C23H22N2O2S/c1-24-17-11-6-5-10-16(17)22(26)21-19(24)14-18(20-12-7-13-28-20)25(23(21)27)15-8-3-2-4-9-15/h5-7,10-15H,2-4,8-9H2,1H3. The van der Waals surface area contributed by atoms with Gasteiger partial charge >= 0.3 is 0 Å². The highest BCUT2D eigenvalue weighted by Crippen LogP contribution is 2.34. The van der Waals surface area contributed by atoms with Gasteiger partial charge in [-0.25, -0.2) is 0 Å². The molecule has 1 aliphatic rings. The minimum Gasteiger partial charge on any atom is -0.343 e. The van der Waals surface area contributed by atoms with E-state index in [0.29, 0.717) is 16.3 Å². The zero-order chi connectivity index (χ0) is 19.3. The van der Waals surface area contributed by atoms with Crippen molar-refractivity contribution in [3.63, 3.8) is 0 Å². The lowest BCUT2D eigenvalue weighted by atomic mass is 9.94. The van der Waals surface area contributed by atoms with Gasteiger partial charge in [0.05, 0.1) is 21.6 Å². The lowest BCUT2D eigenvalue weighted by molar-refractivity contribution is 0.350. The summed E-state index contributed by atoms with van der Waals surface area (Å²) >= 11 is 1.64. The van der Waals surface area contributed by atoms with E-state index in [1.54, 1.807) is 11.3 Å². The van der Waals surface area contributed by atoms with E-state index in [0.717, 1.165) is 41.8 Å². The monoisotopic (exact) mass is 390 g/mol. The molecular weight excluding hydrogens is 368 g/mol. The van der Waals surface area contributed by atoms with Crippen molar-refractivity contribution in [2.24, 2.45) is 7.05 Å². The molecular formula is C23H22N2O2S. The van der Waals surface area contributed by atoms with Crippen LogP contribution in [-0.2, 0) is 7.05 Å². The molecule has 1 aromatic carbocycles. The van der Waals surface area contributed by atoms with E-state index >= 15 is 0 Å². The molecule has 0 bridgehead atoms. The van der Waals surface area contributed by atoms with E-state index in [4.69, 9.17) is 0 Å². The first-order chi connectivity index (χ1) is 13.7. The SMILES string of the molecule is Cn1c2ccccc2c(=O)c2c(=O)n(C3CCCCC3)c(-c3cccs3)cc21. The molecule has 0 atom stereocenters. The molecule has 5 rings (SSSR count). The van der Waals surface area contributed by atoms with Crippen molar-refractivity contribution in [2.75, 3.05) is 0 Å². The largest absolute Gasteiger partial charge is 0.343 e. The van der Waals surface area contributed by atoms with Crippen LogP contribution in [0.25, 0.3) is 32.4 Å². The van der Waals surface area contributed by atoms with Crippen LogP contribution in [-0.4, -0.2) is 9.13 Å². The van der Waals surface area contributed by atoms with E-state index in [1.165, 1.54) is 6.42 Å². The van der Waals surface area contributed by atoms with E-state index in [9.17, 15) is 9.59 Å². The van der Waals surface area contributed by atoms with Crippen molar-refractivity contribution < 1.29 is 0 Å². The third-order valence-corrected chi connectivity index (χ3v) is 6.93. The van der Waals surface area contributed by atoms with Crippen molar-refractivity contribution in [3.8, 4) is 10.6 Å². The third-order valence-electron chi connectivity index (χ3n) is 6.03. The van der Waals surface area contributed by atoms with Crippen LogP contribution in [0.4, 0.5) is 0 Å². The molecule has 5 heteroatoms. The maximum atomic E-state index is 13.7. The van der Waals surface area contributed by atoms with E-state index in [1.807, 2.05) is 58.0 Å². The van der Waals surface area contributed by atoms with Crippen molar-refractivity contribution >= 4 is 33.1 Å². The van der Waals surface area contributed by atoms with Crippen molar-refractivity contribution in [1.29, 1.82) is 0 Å². The quantitative estimate of drug-likeness (QED) is 0.448. The number of nitrogens with zero attached hydrogens (tertiary/aromatic N) is 2. The summed E-state index contributed by atoms with van der Waals surface area (Å²) in [6.07, 6.45) is 5.48. The lowest BCUT2D eigenvalue weighted by Gasteiger charge is -2.27. The molecule has 0 N–H and O–H groups in total. The van der Waals surface area contributed by atoms with Crippen LogP contribution in [0.2, 0.25) is 0 Å². The van der Waals surface area contributed by atoms with Gasteiger partial charge in [0.15, 0.2) is 0 Å². The second-order valence-electron chi connectivity index (χ2n) is 7.64. The first-order valence-electron chi connectivity index (χ1n) is 9.87. The maximum Gasteiger partial charge on any atom is 0.264 e. The van der Waals surface area contributed by atoms with Crippen molar-refractivity contribution in [1.82, 2.24) is 9.13 Å². The first kappa shape index (κ1) is 17.4. The van der Waals surface area contributed by atoms with Crippen LogP contribution in [0.5, 0.6) is 0 Å². The molecule has 28 heavy (non-hydrogen) atoms. The van der Waals surface area contributed by atoms with Crippen LogP contribution in [0.15, 0.2) is 57.4 Å². The topological polar surface area (TPSA) is 44.0 Å². The number of para-hydroxylation sites is 1. The lowest BCUT2D eigenvalue weighted by Crippen LogP contribution is -2.31. The average molecular weight is 391 g/mol. The fourth-order valence-electron chi connectivity index (χ4n) is 4.63. The molecule has 3 aromatic heterocycles. The Hall–Kier alpha value is -2.66. The number of rotatable bonds is 2. The number of fused-ring (bicyclic) bond motifs is 2. The normalized spacial score (nSPS) is 15.5. The number of thiophene rings is 1. The number of benzene rings is 1. The van der Waals surface area contributed by atoms with E-state index in [-0.39, 0.29) is 17.0 Å². The number of aryl methyl sites for hydroxylation is 1. The molecule has 4 aromatic rings. The predicted molar refractivity (Wildman–Crippen MR) is 116 cm³/mol. The minimum absolute atomic E-state index is 0.140. The van der Waals surface area contributed by atoms with Crippen LogP contribution < -0.4 is 11.0 Å². The predicted octanol–water partition coefficient (Wildman–Crippen LogP) is 5.09. The Morgan fingerprint density at radius 1 is 0.964 bits per heavy atom. The van der Waals surface area contributed by atoms with E-state index in [2.05, 4.69) is 6.07 Å². The second-order valence-corrected chi connectivity index (χ2v) is 8.59. The van der Waals surface area contributed by atoms with Gasteiger partial charge in [0, 0.05) is 18.5 Å². The van der Waals surface area contributed by atoms with Gasteiger partial charge in [-0.3, -0.25) is 9.59 Å². The molecule has 0 aliphatic heterocycles. The second kappa shape index (κ2) is 6.74. The Balaban J connectivity index is 1.94.